The Morgan fingerprint density at radius 3 is 1.75 bits per heavy atom. The van der Waals surface area contributed by atoms with Gasteiger partial charge in [0.2, 0.25) is 0 Å². The smallest absolute Gasteiger partial charge is 0.0643 e. The summed E-state index contributed by atoms with van der Waals surface area (Å²) in [6, 6.07) is 0. The molecule has 0 unspecified atom stereocenters. The normalized spacial score (nSPS) is 35.9. The molecule has 114 valence electrons. The fourth-order valence-electron chi connectivity index (χ4n) is 4.23. The second-order valence-electron chi connectivity index (χ2n) is 6.76. The number of rotatable bonds is 5. The molecular formula is C19H32O. The SMILES string of the molecule is C/C=C/[C@H]1CC[C@H]([C@H]2CC[C@H](/C=C/COC)CC2)CC1. The first kappa shape index (κ1) is 15.8. The van der Waals surface area contributed by atoms with Gasteiger partial charge in [-0.25, -0.2) is 0 Å². The Kier molecular flexibility index (Phi) is 6.86. The fraction of sp³-hybridized carbons (Fsp3) is 0.789. The third kappa shape index (κ3) is 4.77. The van der Waals surface area contributed by atoms with E-state index in [0.717, 1.165) is 30.3 Å². The van der Waals surface area contributed by atoms with Crippen LogP contribution in [0.3, 0.4) is 0 Å². The van der Waals surface area contributed by atoms with E-state index >= 15 is 0 Å². The zero-order chi connectivity index (χ0) is 14.2. The van der Waals surface area contributed by atoms with Crippen LogP contribution in [0.15, 0.2) is 24.3 Å². The molecule has 0 saturated heterocycles. The van der Waals surface area contributed by atoms with Crippen LogP contribution in [0, 0.1) is 23.7 Å². The van der Waals surface area contributed by atoms with E-state index < -0.39 is 0 Å². The van der Waals surface area contributed by atoms with E-state index in [0.29, 0.717) is 0 Å². The standard InChI is InChI=1S/C19H32O/c1-3-5-16-7-11-18(12-8-16)19-13-9-17(10-14-19)6-4-15-20-2/h3-6,16-19H,7-15H2,1-2H3/b5-3+,6-4+/t16-,17-,18-,19-. The van der Waals surface area contributed by atoms with Gasteiger partial charge in [0.05, 0.1) is 6.61 Å². The Morgan fingerprint density at radius 1 is 0.800 bits per heavy atom. The van der Waals surface area contributed by atoms with Crippen molar-refractivity contribution >= 4 is 0 Å². The third-order valence-corrected chi connectivity index (χ3v) is 5.44. The van der Waals surface area contributed by atoms with E-state index in [-0.39, 0.29) is 0 Å². The van der Waals surface area contributed by atoms with E-state index in [4.69, 9.17) is 4.74 Å². The molecule has 0 aromatic rings. The molecule has 2 rings (SSSR count). The quantitative estimate of drug-likeness (QED) is 0.613. The van der Waals surface area contributed by atoms with Crippen molar-refractivity contribution in [2.45, 2.75) is 58.3 Å². The van der Waals surface area contributed by atoms with Crippen molar-refractivity contribution in [2.75, 3.05) is 13.7 Å². The average Bonchev–Trinajstić information content (AvgIpc) is 2.49. The van der Waals surface area contributed by atoms with E-state index in [9.17, 15) is 0 Å². The van der Waals surface area contributed by atoms with Crippen molar-refractivity contribution in [3.8, 4) is 0 Å². The summed E-state index contributed by atoms with van der Waals surface area (Å²) in [6.45, 7) is 2.93. The molecule has 0 aromatic carbocycles. The summed E-state index contributed by atoms with van der Waals surface area (Å²) < 4.78 is 5.09. The Bertz CT molecular complexity index is 302. The predicted molar refractivity (Wildman–Crippen MR) is 86.7 cm³/mol. The highest BCUT2D eigenvalue weighted by atomic mass is 16.5. The van der Waals surface area contributed by atoms with Gasteiger partial charge in [-0.15, -0.1) is 0 Å². The van der Waals surface area contributed by atoms with Crippen LogP contribution in [-0.4, -0.2) is 13.7 Å². The molecular weight excluding hydrogens is 244 g/mol. The van der Waals surface area contributed by atoms with E-state index in [1.165, 1.54) is 51.4 Å². The molecule has 0 bridgehead atoms. The van der Waals surface area contributed by atoms with Gasteiger partial charge < -0.3 is 4.74 Å². The van der Waals surface area contributed by atoms with Gasteiger partial charge >= 0.3 is 0 Å². The zero-order valence-corrected chi connectivity index (χ0v) is 13.4. The van der Waals surface area contributed by atoms with Gasteiger partial charge in [-0.2, -0.15) is 0 Å². The summed E-state index contributed by atoms with van der Waals surface area (Å²) in [5.74, 6) is 3.75. The van der Waals surface area contributed by atoms with Crippen molar-refractivity contribution in [1.29, 1.82) is 0 Å². The van der Waals surface area contributed by atoms with Crippen LogP contribution in [0.5, 0.6) is 0 Å². The van der Waals surface area contributed by atoms with Gasteiger partial charge in [0, 0.05) is 7.11 Å². The topological polar surface area (TPSA) is 9.23 Å². The molecule has 0 N–H and O–H groups in total. The largest absolute Gasteiger partial charge is 0.381 e. The number of allylic oxidation sites excluding steroid dienone is 3. The Labute approximate surface area is 125 Å². The number of ether oxygens (including phenoxy) is 1. The number of hydrogen-bond acceptors (Lipinski definition) is 1. The maximum atomic E-state index is 5.09. The van der Waals surface area contributed by atoms with Crippen LogP contribution in [0.25, 0.3) is 0 Å². The molecule has 0 amide bonds. The fourth-order valence-corrected chi connectivity index (χ4v) is 4.23. The molecule has 0 radical (unpaired) electrons. The van der Waals surface area contributed by atoms with Crippen LogP contribution in [0.2, 0.25) is 0 Å². The van der Waals surface area contributed by atoms with Gasteiger partial charge in [0.1, 0.15) is 0 Å². The number of hydrogen-bond donors (Lipinski definition) is 0. The van der Waals surface area contributed by atoms with Gasteiger partial charge in [-0.05, 0) is 82.0 Å². The van der Waals surface area contributed by atoms with Gasteiger partial charge in [0.15, 0.2) is 0 Å². The highest BCUT2D eigenvalue weighted by molar-refractivity contribution is 4.94. The second-order valence-corrected chi connectivity index (χ2v) is 6.76. The predicted octanol–water partition coefficient (Wildman–Crippen LogP) is 5.38. The summed E-state index contributed by atoms with van der Waals surface area (Å²) in [6.07, 6.45) is 20.8. The summed E-state index contributed by atoms with van der Waals surface area (Å²) in [7, 11) is 1.77. The highest BCUT2D eigenvalue weighted by Crippen LogP contribution is 2.41. The molecule has 2 fully saturated rings. The molecule has 0 spiro atoms. The van der Waals surface area contributed by atoms with E-state index in [1.54, 1.807) is 7.11 Å². The minimum absolute atomic E-state index is 0.773. The van der Waals surface area contributed by atoms with E-state index in [2.05, 4.69) is 31.2 Å². The van der Waals surface area contributed by atoms with Crippen LogP contribution in [0.4, 0.5) is 0 Å². The van der Waals surface area contributed by atoms with Crippen molar-refractivity contribution in [3.63, 3.8) is 0 Å². The first-order chi connectivity index (χ1) is 9.83. The molecule has 1 nitrogen and oxygen atoms in total. The second kappa shape index (κ2) is 8.67. The van der Waals surface area contributed by atoms with Crippen LogP contribution in [-0.2, 0) is 4.74 Å². The minimum atomic E-state index is 0.773. The molecule has 1 heteroatoms. The summed E-state index contributed by atoms with van der Waals surface area (Å²) in [5, 5.41) is 0. The third-order valence-electron chi connectivity index (χ3n) is 5.44. The van der Waals surface area contributed by atoms with Crippen molar-refractivity contribution in [1.82, 2.24) is 0 Å². The molecule has 20 heavy (non-hydrogen) atoms. The molecule has 2 saturated carbocycles. The van der Waals surface area contributed by atoms with Gasteiger partial charge in [0.25, 0.3) is 0 Å². The Balaban J connectivity index is 1.69. The molecule has 0 aromatic heterocycles. The summed E-state index contributed by atoms with van der Waals surface area (Å²) >= 11 is 0. The van der Waals surface area contributed by atoms with Crippen LogP contribution < -0.4 is 0 Å². The monoisotopic (exact) mass is 276 g/mol. The van der Waals surface area contributed by atoms with Crippen LogP contribution in [0.1, 0.15) is 58.3 Å². The lowest BCUT2D eigenvalue weighted by molar-refractivity contribution is 0.166. The van der Waals surface area contributed by atoms with Gasteiger partial charge in [-0.1, -0.05) is 24.3 Å². The summed E-state index contributed by atoms with van der Waals surface area (Å²) in [4.78, 5) is 0. The lowest BCUT2D eigenvalue weighted by atomic mass is 9.69. The Morgan fingerprint density at radius 2 is 1.30 bits per heavy atom. The van der Waals surface area contributed by atoms with Crippen molar-refractivity contribution < 1.29 is 4.74 Å². The lowest BCUT2D eigenvalue weighted by Gasteiger charge is -2.36. The van der Waals surface area contributed by atoms with Crippen molar-refractivity contribution in [2.24, 2.45) is 23.7 Å². The first-order valence-electron chi connectivity index (χ1n) is 8.62. The van der Waals surface area contributed by atoms with Gasteiger partial charge in [-0.3, -0.25) is 0 Å². The van der Waals surface area contributed by atoms with Crippen molar-refractivity contribution in [3.05, 3.63) is 24.3 Å². The lowest BCUT2D eigenvalue weighted by Crippen LogP contribution is -2.25. The molecule has 0 heterocycles. The first-order valence-corrected chi connectivity index (χ1v) is 8.62. The average molecular weight is 276 g/mol. The van der Waals surface area contributed by atoms with Crippen LogP contribution >= 0.6 is 0 Å². The highest BCUT2D eigenvalue weighted by Gasteiger charge is 2.29. The Hall–Kier alpha value is -0.560. The minimum Gasteiger partial charge on any atom is -0.381 e. The molecule has 2 aliphatic rings. The maximum absolute atomic E-state index is 5.09. The molecule has 2 aliphatic carbocycles. The summed E-state index contributed by atoms with van der Waals surface area (Å²) in [5.41, 5.74) is 0. The molecule has 0 atom stereocenters. The zero-order valence-electron chi connectivity index (χ0n) is 13.4. The maximum Gasteiger partial charge on any atom is 0.0643 e. The van der Waals surface area contributed by atoms with E-state index in [1.807, 2.05) is 0 Å². The number of methoxy groups -OCH3 is 1. The molecule has 0 aliphatic heterocycles.